The summed E-state index contributed by atoms with van der Waals surface area (Å²) in [4.78, 5) is 16.9. The van der Waals surface area contributed by atoms with E-state index in [1.165, 1.54) is 0 Å². The van der Waals surface area contributed by atoms with Gasteiger partial charge in [-0.25, -0.2) is 4.98 Å². The van der Waals surface area contributed by atoms with Gasteiger partial charge in [0.05, 0.1) is 18.7 Å². The van der Waals surface area contributed by atoms with Gasteiger partial charge in [-0.15, -0.1) is 0 Å². The lowest BCUT2D eigenvalue weighted by atomic mass is 10.0. The smallest absolute Gasteiger partial charge is 0.251 e. The zero-order valence-electron chi connectivity index (χ0n) is 14.1. The van der Waals surface area contributed by atoms with Crippen LogP contribution < -0.4 is 10.1 Å². The quantitative estimate of drug-likeness (QED) is 0.671. The van der Waals surface area contributed by atoms with Crippen molar-refractivity contribution in [1.82, 2.24) is 10.3 Å². The molecule has 0 bridgehead atoms. The van der Waals surface area contributed by atoms with E-state index >= 15 is 0 Å². The monoisotopic (exact) mass is 354 g/mol. The summed E-state index contributed by atoms with van der Waals surface area (Å²) in [5.41, 5.74) is 2.42. The fourth-order valence-electron chi connectivity index (χ4n) is 2.74. The molecule has 0 radical (unpaired) electrons. The minimum Gasteiger partial charge on any atom is -0.497 e. The van der Waals surface area contributed by atoms with E-state index in [1.54, 1.807) is 19.2 Å². The molecule has 0 saturated carbocycles. The predicted molar refractivity (Wildman–Crippen MR) is 100 cm³/mol. The van der Waals surface area contributed by atoms with E-state index in [9.17, 15) is 4.79 Å². The average molecular weight is 355 g/mol. The van der Waals surface area contributed by atoms with Crippen molar-refractivity contribution in [3.05, 3.63) is 70.9 Å². The first-order valence-corrected chi connectivity index (χ1v) is 8.49. The molecule has 5 heteroatoms. The number of methoxy groups -OCH3 is 1. The van der Waals surface area contributed by atoms with Crippen molar-refractivity contribution in [2.24, 2.45) is 0 Å². The topological polar surface area (TPSA) is 51.2 Å². The first-order chi connectivity index (χ1) is 12.1. The Labute approximate surface area is 151 Å². The van der Waals surface area contributed by atoms with Crippen molar-refractivity contribution >= 4 is 28.4 Å². The first-order valence-electron chi connectivity index (χ1n) is 8.12. The maximum atomic E-state index is 12.6. The summed E-state index contributed by atoms with van der Waals surface area (Å²) >= 11 is 5.90. The van der Waals surface area contributed by atoms with Crippen molar-refractivity contribution in [2.45, 2.75) is 19.4 Å². The molecule has 3 aromatic rings. The van der Waals surface area contributed by atoms with Crippen LogP contribution in [0.3, 0.4) is 0 Å². The number of aromatic nitrogens is 1. The molecule has 1 heterocycles. The standard InChI is InChI=1S/C20H19ClN2O2/c1-3-17(13-4-8-16(25-2)9-5-13)23-20(24)15-6-10-18-14(12-15)7-11-19(21)22-18/h4-12,17H,3H2,1-2H3,(H,23,24). The number of ether oxygens (including phenoxy) is 1. The Morgan fingerprint density at radius 2 is 1.92 bits per heavy atom. The third-order valence-electron chi connectivity index (χ3n) is 4.15. The lowest BCUT2D eigenvalue weighted by Gasteiger charge is -2.18. The number of amides is 1. The first kappa shape index (κ1) is 17.2. The Morgan fingerprint density at radius 1 is 1.16 bits per heavy atom. The molecule has 1 aromatic heterocycles. The number of nitrogens with zero attached hydrogens (tertiary/aromatic N) is 1. The maximum absolute atomic E-state index is 12.6. The molecule has 3 rings (SSSR count). The van der Waals surface area contributed by atoms with Crippen LogP contribution >= 0.6 is 11.6 Å². The summed E-state index contributed by atoms with van der Waals surface area (Å²) < 4.78 is 5.18. The number of nitrogens with one attached hydrogen (secondary N) is 1. The van der Waals surface area contributed by atoms with Gasteiger partial charge in [0, 0.05) is 10.9 Å². The van der Waals surface area contributed by atoms with Crippen LogP contribution in [-0.2, 0) is 0 Å². The van der Waals surface area contributed by atoms with Gasteiger partial charge in [-0.2, -0.15) is 0 Å². The van der Waals surface area contributed by atoms with Crippen LogP contribution in [0.25, 0.3) is 10.9 Å². The van der Waals surface area contributed by atoms with E-state index < -0.39 is 0 Å². The second kappa shape index (κ2) is 7.53. The van der Waals surface area contributed by atoms with Crippen LogP contribution in [0.5, 0.6) is 5.75 Å². The molecule has 0 aliphatic carbocycles. The third-order valence-corrected chi connectivity index (χ3v) is 4.36. The number of carbonyl (C=O) groups excluding carboxylic acids is 1. The van der Waals surface area contributed by atoms with Crippen molar-refractivity contribution in [3.8, 4) is 5.75 Å². The normalized spacial score (nSPS) is 12.0. The number of hydrogen-bond donors (Lipinski definition) is 1. The zero-order valence-corrected chi connectivity index (χ0v) is 14.9. The Bertz CT molecular complexity index is 894. The van der Waals surface area contributed by atoms with E-state index in [0.29, 0.717) is 10.7 Å². The molecular formula is C20H19ClN2O2. The van der Waals surface area contributed by atoms with Crippen molar-refractivity contribution in [2.75, 3.05) is 7.11 Å². The van der Waals surface area contributed by atoms with Crippen LogP contribution in [0.2, 0.25) is 5.15 Å². The van der Waals surface area contributed by atoms with Gasteiger partial charge in [-0.05, 0) is 54.4 Å². The number of carbonyl (C=O) groups is 1. The predicted octanol–water partition coefficient (Wildman–Crippen LogP) is 4.78. The molecule has 0 aliphatic heterocycles. The van der Waals surface area contributed by atoms with Crippen LogP contribution in [0.4, 0.5) is 0 Å². The molecule has 25 heavy (non-hydrogen) atoms. The van der Waals surface area contributed by atoms with Gasteiger partial charge in [0.1, 0.15) is 10.9 Å². The number of halogens is 1. The number of rotatable bonds is 5. The van der Waals surface area contributed by atoms with Gasteiger partial charge in [-0.3, -0.25) is 4.79 Å². The summed E-state index contributed by atoms with van der Waals surface area (Å²) in [5, 5.41) is 4.41. The molecule has 128 valence electrons. The Hall–Kier alpha value is -2.59. The van der Waals surface area contributed by atoms with Crippen LogP contribution in [0.15, 0.2) is 54.6 Å². The summed E-state index contributed by atoms with van der Waals surface area (Å²) in [6.45, 7) is 2.04. The highest BCUT2D eigenvalue weighted by Crippen LogP contribution is 2.22. The van der Waals surface area contributed by atoms with E-state index in [2.05, 4.69) is 10.3 Å². The molecule has 0 aliphatic rings. The van der Waals surface area contributed by atoms with Crippen molar-refractivity contribution in [3.63, 3.8) is 0 Å². The lowest BCUT2D eigenvalue weighted by Crippen LogP contribution is -2.28. The second-order valence-corrected chi connectivity index (χ2v) is 6.14. The van der Waals surface area contributed by atoms with Gasteiger partial charge >= 0.3 is 0 Å². The number of benzene rings is 2. The number of hydrogen-bond acceptors (Lipinski definition) is 3. The fraction of sp³-hybridized carbons (Fsp3) is 0.200. The van der Waals surface area contributed by atoms with Gasteiger partial charge in [0.15, 0.2) is 0 Å². The molecular weight excluding hydrogens is 336 g/mol. The highest BCUT2D eigenvalue weighted by atomic mass is 35.5. The van der Waals surface area contributed by atoms with E-state index in [4.69, 9.17) is 16.3 Å². The molecule has 1 atom stereocenters. The summed E-state index contributed by atoms with van der Waals surface area (Å²) in [7, 11) is 1.63. The Balaban J connectivity index is 1.80. The van der Waals surface area contributed by atoms with E-state index in [1.807, 2.05) is 49.4 Å². The average Bonchev–Trinajstić information content (AvgIpc) is 2.65. The molecule has 4 nitrogen and oxygen atoms in total. The summed E-state index contributed by atoms with van der Waals surface area (Å²) in [6, 6.07) is 16.7. The van der Waals surface area contributed by atoms with Gasteiger partial charge in [0.25, 0.3) is 5.91 Å². The largest absolute Gasteiger partial charge is 0.497 e. The Morgan fingerprint density at radius 3 is 2.60 bits per heavy atom. The Kier molecular flexibility index (Phi) is 5.19. The molecule has 1 unspecified atom stereocenters. The van der Waals surface area contributed by atoms with E-state index in [0.717, 1.165) is 28.6 Å². The van der Waals surface area contributed by atoms with Crippen LogP contribution in [0, 0.1) is 0 Å². The van der Waals surface area contributed by atoms with Gasteiger partial charge < -0.3 is 10.1 Å². The molecule has 0 fully saturated rings. The fourth-order valence-corrected chi connectivity index (χ4v) is 2.89. The highest BCUT2D eigenvalue weighted by Gasteiger charge is 2.15. The number of pyridine rings is 1. The maximum Gasteiger partial charge on any atom is 0.251 e. The third kappa shape index (κ3) is 3.91. The van der Waals surface area contributed by atoms with Crippen LogP contribution in [-0.4, -0.2) is 18.0 Å². The minimum atomic E-state index is -0.112. The molecule has 1 N–H and O–H groups in total. The number of fused-ring (bicyclic) bond motifs is 1. The lowest BCUT2D eigenvalue weighted by molar-refractivity contribution is 0.0935. The molecule has 1 amide bonds. The second-order valence-electron chi connectivity index (χ2n) is 5.75. The van der Waals surface area contributed by atoms with Crippen LogP contribution in [0.1, 0.15) is 35.3 Å². The zero-order chi connectivity index (χ0) is 17.8. The van der Waals surface area contributed by atoms with Gasteiger partial charge in [-0.1, -0.05) is 30.7 Å². The molecule has 0 spiro atoms. The SMILES string of the molecule is CCC(NC(=O)c1ccc2nc(Cl)ccc2c1)c1ccc(OC)cc1. The highest BCUT2D eigenvalue weighted by molar-refractivity contribution is 6.29. The van der Waals surface area contributed by atoms with Gasteiger partial charge in [0.2, 0.25) is 0 Å². The summed E-state index contributed by atoms with van der Waals surface area (Å²) in [6.07, 6.45) is 0.794. The molecule has 0 saturated heterocycles. The van der Waals surface area contributed by atoms with E-state index in [-0.39, 0.29) is 11.9 Å². The van der Waals surface area contributed by atoms with Crippen molar-refractivity contribution in [1.29, 1.82) is 0 Å². The minimum absolute atomic E-state index is 0.0579. The summed E-state index contributed by atoms with van der Waals surface area (Å²) in [5.74, 6) is 0.685. The molecule has 2 aromatic carbocycles. The van der Waals surface area contributed by atoms with Crippen molar-refractivity contribution < 1.29 is 9.53 Å².